The van der Waals surface area contributed by atoms with Gasteiger partial charge in [-0.25, -0.2) is 0 Å². The van der Waals surface area contributed by atoms with E-state index in [0.717, 1.165) is 0 Å². The summed E-state index contributed by atoms with van der Waals surface area (Å²) in [5, 5.41) is 14.9. The number of aromatic nitrogens is 2. The van der Waals surface area contributed by atoms with E-state index in [9.17, 15) is 4.79 Å². The fraction of sp³-hybridized carbons (Fsp3) is 0.444. The van der Waals surface area contributed by atoms with Crippen LogP contribution in [0.1, 0.15) is 10.5 Å². The summed E-state index contributed by atoms with van der Waals surface area (Å²) in [4.78, 5) is 15.4. The molecule has 4 N–H and O–H groups in total. The number of guanidine groups is 1. The standard InChI is InChI=1S/C9H16N6O/c1-10-9(11-2)13-6-5-12-8(16)7-3-4-14-15-7/h3-4H,5-6H2,1-2H3,(H,12,16)(H,14,15)(H2,10,11,13). The van der Waals surface area contributed by atoms with Crippen LogP contribution >= 0.6 is 0 Å². The first-order valence-corrected chi connectivity index (χ1v) is 4.94. The van der Waals surface area contributed by atoms with Gasteiger partial charge in [0.25, 0.3) is 5.91 Å². The SMILES string of the molecule is CN=C(NC)NCCNC(=O)c1ccn[nH]1. The van der Waals surface area contributed by atoms with Crippen molar-refractivity contribution in [3.8, 4) is 0 Å². The number of carbonyl (C=O) groups is 1. The summed E-state index contributed by atoms with van der Waals surface area (Å²) in [6.07, 6.45) is 1.54. The highest BCUT2D eigenvalue weighted by atomic mass is 16.1. The molecule has 16 heavy (non-hydrogen) atoms. The molecule has 1 rings (SSSR count). The van der Waals surface area contributed by atoms with Crippen molar-refractivity contribution >= 4 is 11.9 Å². The Labute approximate surface area is 93.7 Å². The van der Waals surface area contributed by atoms with Gasteiger partial charge in [-0.05, 0) is 6.07 Å². The first-order chi connectivity index (χ1) is 7.77. The molecule has 0 atom stereocenters. The molecule has 0 unspecified atom stereocenters. The van der Waals surface area contributed by atoms with Gasteiger partial charge in [0.1, 0.15) is 5.69 Å². The molecule has 1 amide bonds. The van der Waals surface area contributed by atoms with Gasteiger partial charge in [0.2, 0.25) is 0 Å². The smallest absolute Gasteiger partial charge is 0.269 e. The van der Waals surface area contributed by atoms with Crippen LogP contribution in [0.3, 0.4) is 0 Å². The van der Waals surface area contributed by atoms with Crippen molar-refractivity contribution in [1.29, 1.82) is 0 Å². The van der Waals surface area contributed by atoms with Crippen LogP contribution in [0, 0.1) is 0 Å². The summed E-state index contributed by atoms with van der Waals surface area (Å²) in [7, 11) is 3.46. The lowest BCUT2D eigenvalue weighted by Gasteiger charge is -2.08. The Bertz CT molecular complexity index is 345. The van der Waals surface area contributed by atoms with E-state index in [1.165, 1.54) is 6.20 Å². The third kappa shape index (κ3) is 3.60. The molecule has 0 aliphatic heterocycles. The highest BCUT2D eigenvalue weighted by molar-refractivity contribution is 5.92. The molecule has 88 valence electrons. The Morgan fingerprint density at radius 3 is 2.81 bits per heavy atom. The van der Waals surface area contributed by atoms with Crippen LogP contribution in [0.4, 0.5) is 0 Å². The van der Waals surface area contributed by atoms with Gasteiger partial charge in [-0.1, -0.05) is 0 Å². The van der Waals surface area contributed by atoms with Gasteiger partial charge >= 0.3 is 0 Å². The van der Waals surface area contributed by atoms with Crippen molar-refractivity contribution in [3.05, 3.63) is 18.0 Å². The predicted molar refractivity (Wildman–Crippen MR) is 61.3 cm³/mol. The second-order valence-electron chi connectivity index (χ2n) is 2.98. The van der Waals surface area contributed by atoms with Crippen LogP contribution in [-0.4, -0.2) is 49.2 Å². The lowest BCUT2D eigenvalue weighted by molar-refractivity contribution is 0.0949. The third-order valence-corrected chi connectivity index (χ3v) is 1.91. The number of amides is 1. The fourth-order valence-corrected chi connectivity index (χ4v) is 1.11. The predicted octanol–water partition coefficient (Wildman–Crippen LogP) is -1.07. The normalized spacial score (nSPS) is 11.0. The van der Waals surface area contributed by atoms with Crippen LogP contribution in [0.25, 0.3) is 0 Å². The number of aromatic amines is 1. The Kier molecular flexibility index (Phi) is 4.84. The molecular formula is C9H16N6O. The molecular weight excluding hydrogens is 208 g/mol. The summed E-state index contributed by atoms with van der Waals surface area (Å²) >= 11 is 0. The molecule has 1 aromatic rings. The van der Waals surface area contributed by atoms with Crippen LogP contribution in [0.2, 0.25) is 0 Å². The Hall–Kier alpha value is -2.05. The van der Waals surface area contributed by atoms with E-state index in [2.05, 4.69) is 31.1 Å². The minimum absolute atomic E-state index is 0.168. The molecule has 7 nitrogen and oxygen atoms in total. The van der Waals surface area contributed by atoms with Crippen LogP contribution < -0.4 is 16.0 Å². The van der Waals surface area contributed by atoms with E-state index >= 15 is 0 Å². The Morgan fingerprint density at radius 2 is 2.25 bits per heavy atom. The number of nitrogens with one attached hydrogen (secondary N) is 4. The average molecular weight is 224 g/mol. The summed E-state index contributed by atoms with van der Waals surface area (Å²) in [5.41, 5.74) is 0.456. The van der Waals surface area contributed by atoms with Gasteiger partial charge in [-0.15, -0.1) is 0 Å². The number of hydrogen-bond donors (Lipinski definition) is 4. The molecule has 0 aromatic carbocycles. The maximum absolute atomic E-state index is 11.4. The number of rotatable bonds is 4. The van der Waals surface area contributed by atoms with E-state index in [1.54, 1.807) is 20.2 Å². The average Bonchev–Trinajstić information content (AvgIpc) is 2.82. The van der Waals surface area contributed by atoms with Crippen molar-refractivity contribution in [2.75, 3.05) is 27.2 Å². The molecule has 0 saturated heterocycles. The lowest BCUT2D eigenvalue weighted by Crippen LogP contribution is -2.40. The molecule has 1 aromatic heterocycles. The molecule has 0 aliphatic carbocycles. The second kappa shape index (κ2) is 6.44. The van der Waals surface area contributed by atoms with Crippen LogP contribution in [0.5, 0.6) is 0 Å². The van der Waals surface area contributed by atoms with Crippen LogP contribution in [0.15, 0.2) is 17.3 Å². The van der Waals surface area contributed by atoms with Gasteiger partial charge in [0, 0.05) is 33.4 Å². The first-order valence-electron chi connectivity index (χ1n) is 4.94. The summed E-state index contributed by atoms with van der Waals surface area (Å²) in [6.45, 7) is 1.12. The third-order valence-electron chi connectivity index (χ3n) is 1.91. The summed E-state index contributed by atoms with van der Waals surface area (Å²) in [5.74, 6) is 0.523. The van der Waals surface area contributed by atoms with E-state index in [1.807, 2.05) is 0 Å². The van der Waals surface area contributed by atoms with Crippen molar-refractivity contribution < 1.29 is 4.79 Å². The zero-order chi connectivity index (χ0) is 11.8. The lowest BCUT2D eigenvalue weighted by atomic mass is 10.4. The highest BCUT2D eigenvalue weighted by Gasteiger charge is 2.04. The van der Waals surface area contributed by atoms with Gasteiger partial charge in [-0.2, -0.15) is 5.10 Å². The zero-order valence-electron chi connectivity index (χ0n) is 9.37. The van der Waals surface area contributed by atoms with Gasteiger partial charge in [0.05, 0.1) is 0 Å². The minimum atomic E-state index is -0.168. The minimum Gasteiger partial charge on any atom is -0.359 e. The highest BCUT2D eigenvalue weighted by Crippen LogP contribution is 1.89. The van der Waals surface area contributed by atoms with Crippen molar-refractivity contribution in [2.24, 2.45) is 4.99 Å². The van der Waals surface area contributed by atoms with Crippen LogP contribution in [-0.2, 0) is 0 Å². The van der Waals surface area contributed by atoms with Crippen molar-refractivity contribution in [1.82, 2.24) is 26.1 Å². The monoisotopic (exact) mass is 224 g/mol. The van der Waals surface area contributed by atoms with Gasteiger partial charge < -0.3 is 16.0 Å². The Morgan fingerprint density at radius 1 is 1.50 bits per heavy atom. The first kappa shape index (κ1) is 12.0. The fourth-order valence-electron chi connectivity index (χ4n) is 1.11. The maximum Gasteiger partial charge on any atom is 0.269 e. The molecule has 0 bridgehead atoms. The molecule has 7 heteroatoms. The van der Waals surface area contributed by atoms with E-state index in [0.29, 0.717) is 24.7 Å². The number of H-pyrrole nitrogens is 1. The number of carbonyl (C=O) groups excluding carboxylic acids is 1. The molecule has 0 fully saturated rings. The van der Waals surface area contributed by atoms with Gasteiger partial charge in [-0.3, -0.25) is 14.9 Å². The molecule has 0 radical (unpaired) electrons. The van der Waals surface area contributed by atoms with E-state index < -0.39 is 0 Å². The van der Waals surface area contributed by atoms with E-state index in [4.69, 9.17) is 0 Å². The van der Waals surface area contributed by atoms with Gasteiger partial charge in [0.15, 0.2) is 5.96 Å². The van der Waals surface area contributed by atoms with Crippen molar-refractivity contribution in [2.45, 2.75) is 0 Å². The van der Waals surface area contributed by atoms with Crippen molar-refractivity contribution in [3.63, 3.8) is 0 Å². The van der Waals surface area contributed by atoms with E-state index in [-0.39, 0.29) is 5.91 Å². The zero-order valence-corrected chi connectivity index (χ0v) is 9.37. The molecule has 0 saturated carbocycles. The topological polar surface area (TPSA) is 94.2 Å². The number of aliphatic imine (C=N–C) groups is 1. The maximum atomic E-state index is 11.4. The second-order valence-corrected chi connectivity index (χ2v) is 2.98. The molecule has 0 spiro atoms. The summed E-state index contributed by atoms with van der Waals surface area (Å²) in [6, 6.07) is 1.62. The quantitative estimate of drug-likeness (QED) is 0.298. The molecule has 1 heterocycles. The Balaban J connectivity index is 2.19. The number of hydrogen-bond acceptors (Lipinski definition) is 3. The largest absolute Gasteiger partial charge is 0.359 e. The summed E-state index contributed by atoms with van der Waals surface area (Å²) < 4.78 is 0. The molecule has 0 aliphatic rings. The number of nitrogens with zero attached hydrogens (tertiary/aromatic N) is 2.